The van der Waals surface area contributed by atoms with Crippen molar-refractivity contribution < 1.29 is 0 Å². The molecule has 2 aromatic rings. The minimum atomic E-state index is 0.218. The molecule has 1 aromatic carbocycles. The topological polar surface area (TPSA) is 17.0 Å². The van der Waals surface area contributed by atoms with Gasteiger partial charge in [-0.1, -0.05) is 11.6 Å². The fourth-order valence-electron chi connectivity index (χ4n) is 2.23. The lowest BCUT2D eigenvalue weighted by atomic mass is 10.1. The molecule has 0 amide bonds. The van der Waals surface area contributed by atoms with Gasteiger partial charge in [0.15, 0.2) is 0 Å². The molecule has 1 aromatic heterocycles. The van der Waals surface area contributed by atoms with E-state index in [4.69, 9.17) is 0 Å². The first kappa shape index (κ1) is 13.2. The molecule has 1 heterocycles. The number of aromatic nitrogens is 1. The van der Waals surface area contributed by atoms with Crippen LogP contribution in [0.25, 0.3) is 10.9 Å². The zero-order valence-electron chi connectivity index (χ0n) is 12.0. The van der Waals surface area contributed by atoms with E-state index in [1.807, 2.05) is 0 Å². The first-order valence-electron chi connectivity index (χ1n) is 6.76. The van der Waals surface area contributed by atoms with Crippen molar-refractivity contribution >= 4 is 10.9 Å². The highest BCUT2D eigenvalue weighted by Gasteiger charge is 2.07. The first-order valence-corrected chi connectivity index (χ1v) is 6.76. The van der Waals surface area contributed by atoms with Gasteiger partial charge < -0.3 is 9.88 Å². The van der Waals surface area contributed by atoms with Gasteiger partial charge in [-0.15, -0.1) is 0 Å². The fourth-order valence-corrected chi connectivity index (χ4v) is 2.23. The molecule has 0 aliphatic rings. The Morgan fingerprint density at radius 2 is 1.94 bits per heavy atom. The van der Waals surface area contributed by atoms with Gasteiger partial charge in [-0.25, -0.2) is 0 Å². The van der Waals surface area contributed by atoms with Crippen LogP contribution in [-0.2, 0) is 6.54 Å². The standard InChI is InChI=1S/C16H24N2/c1-13-6-7-15-14(12-13)8-11-18(15)10-5-9-17-16(2,3)4/h6-8,11-12,17H,5,9-10H2,1-4H3. The molecule has 0 saturated carbocycles. The summed E-state index contributed by atoms with van der Waals surface area (Å²) in [6, 6.07) is 8.87. The molecule has 0 aliphatic heterocycles. The number of benzene rings is 1. The number of hydrogen-bond acceptors (Lipinski definition) is 1. The average molecular weight is 244 g/mol. The second kappa shape index (κ2) is 5.15. The van der Waals surface area contributed by atoms with E-state index in [0.717, 1.165) is 19.5 Å². The van der Waals surface area contributed by atoms with Crippen molar-refractivity contribution in [2.75, 3.05) is 6.54 Å². The Morgan fingerprint density at radius 1 is 1.17 bits per heavy atom. The average Bonchev–Trinajstić information content (AvgIpc) is 2.65. The molecule has 0 bridgehead atoms. The van der Waals surface area contributed by atoms with Crippen LogP contribution in [0.4, 0.5) is 0 Å². The van der Waals surface area contributed by atoms with Gasteiger partial charge in [-0.2, -0.15) is 0 Å². The number of nitrogens with zero attached hydrogens (tertiary/aromatic N) is 1. The Labute approximate surface area is 110 Å². The summed E-state index contributed by atoms with van der Waals surface area (Å²) >= 11 is 0. The molecule has 0 fully saturated rings. The van der Waals surface area contributed by atoms with Gasteiger partial charge in [0.1, 0.15) is 0 Å². The molecule has 2 heteroatoms. The van der Waals surface area contributed by atoms with Gasteiger partial charge in [-0.3, -0.25) is 0 Å². The molecule has 0 spiro atoms. The highest BCUT2D eigenvalue weighted by molar-refractivity contribution is 5.80. The van der Waals surface area contributed by atoms with Crippen LogP contribution in [0.1, 0.15) is 32.8 Å². The summed E-state index contributed by atoms with van der Waals surface area (Å²) in [5.74, 6) is 0. The lowest BCUT2D eigenvalue weighted by Crippen LogP contribution is -2.36. The third-order valence-electron chi connectivity index (χ3n) is 3.16. The number of aryl methyl sites for hydroxylation is 2. The Kier molecular flexibility index (Phi) is 3.76. The van der Waals surface area contributed by atoms with Crippen molar-refractivity contribution in [3.8, 4) is 0 Å². The smallest absolute Gasteiger partial charge is 0.0480 e. The van der Waals surface area contributed by atoms with Crippen LogP contribution in [0.2, 0.25) is 0 Å². The molecule has 0 radical (unpaired) electrons. The summed E-state index contributed by atoms with van der Waals surface area (Å²) < 4.78 is 2.35. The van der Waals surface area contributed by atoms with E-state index in [1.165, 1.54) is 16.5 Å². The summed E-state index contributed by atoms with van der Waals surface area (Å²) in [5.41, 5.74) is 2.89. The molecule has 18 heavy (non-hydrogen) atoms. The predicted molar refractivity (Wildman–Crippen MR) is 79.0 cm³/mol. The van der Waals surface area contributed by atoms with E-state index in [0.29, 0.717) is 0 Å². The molecule has 98 valence electrons. The number of hydrogen-bond donors (Lipinski definition) is 1. The molecule has 0 saturated heterocycles. The van der Waals surface area contributed by atoms with Crippen LogP contribution >= 0.6 is 0 Å². The SMILES string of the molecule is Cc1ccc2c(ccn2CCCNC(C)(C)C)c1. The number of nitrogens with one attached hydrogen (secondary N) is 1. The van der Waals surface area contributed by atoms with Crippen LogP contribution < -0.4 is 5.32 Å². The summed E-state index contributed by atoms with van der Waals surface area (Å²) in [4.78, 5) is 0. The number of fused-ring (bicyclic) bond motifs is 1. The van der Waals surface area contributed by atoms with Crippen LogP contribution in [0.5, 0.6) is 0 Å². The maximum Gasteiger partial charge on any atom is 0.0480 e. The molecule has 0 atom stereocenters. The molecule has 0 unspecified atom stereocenters. The van der Waals surface area contributed by atoms with Crippen molar-refractivity contribution in [3.63, 3.8) is 0 Å². The van der Waals surface area contributed by atoms with Crippen LogP contribution in [-0.4, -0.2) is 16.7 Å². The van der Waals surface area contributed by atoms with Crippen LogP contribution in [0.15, 0.2) is 30.5 Å². The van der Waals surface area contributed by atoms with Crippen molar-refractivity contribution in [1.29, 1.82) is 0 Å². The molecular weight excluding hydrogens is 220 g/mol. The molecule has 1 N–H and O–H groups in total. The van der Waals surface area contributed by atoms with Crippen molar-refractivity contribution in [2.24, 2.45) is 0 Å². The van der Waals surface area contributed by atoms with E-state index in [2.05, 4.69) is 68.0 Å². The summed E-state index contributed by atoms with van der Waals surface area (Å²) in [6.07, 6.45) is 3.36. The maximum absolute atomic E-state index is 3.53. The summed E-state index contributed by atoms with van der Waals surface area (Å²) in [5, 5.41) is 4.87. The minimum Gasteiger partial charge on any atom is -0.347 e. The Bertz CT molecular complexity index is 517. The Morgan fingerprint density at radius 3 is 2.67 bits per heavy atom. The van der Waals surface area contributed by atoms with Crippen LogP contribution in [0.3, 0.4) is 0 Å². The molecule has 2 rings (SSSR count). The highest BCUT2D eigenvalue weighted by Crippen LogP contribution is 2.17. The zero-order valence-corrected chi connectivity index (χ0v) is 12.0. The zero-order chi connectivity index (χ0) is 13.2. The maximum atomic E-state index is 3.53. The summed E-state index contributed by atoms with van der Waals surface area (Å²) in [7, 11) is 0. The number of rotatable bonds is 4. The van der Waals surface area contributed by atoms with E-state index in [9.17, 15) is 0 Å². The fraction of sp³-hybridized carbons (Fsp3) is 0.500. The van der Waals surface area contributed by atoms with E-state index >= 15 is 0 Å². The molecule has 0 aliphatic carbocycles. The van der Waals surface area contributed by atoms with E-state index < -0.39 is 0 Å². The van der Waals surface area contributed by atoms with Crippen LogP contribution in [0, 0.1) is 6.92 Å². The third kappa shape index (κ3) is 3.36. The quantitative estimate of drug-likeness (QED) is 0.811. The normalized spacial score (nSPS) is 12.2. The highest BCUT2D eigenvalue weighted by atomic mass is 15.0. The molecular formula is C16H24N2. The summed E-state index contributed by atoms with van der Waals surface area (Å²) in [6.45, 7) is 10.9. The van der Waals surface area contributed by atoms with Gasteiger partial charge in [0.05, 0.1) is 0 Å². The van der Waals surface area contributed by atoms with Gasteiger partial charge >= 0.3 is 0 Å². The van der Waals surface area contributed by atoms with Crippen molar-refractivity contribution in [1.82, 2.24) is 9.88 Å². The second-order valence-corrected chi connectivity index (χ2v) is 6.10. The lowest BCUT2D eigenvalue weighted by molar-refractivity contribution is 0.414. The predicted octanol–water partition coefficient (Wildman–Crippen LogP) is 3.73. The van der Waals surface area contributed by atoms with Crippen molar-refractivity contribution in [3.05, 3.63) is 36.0 Å². The van der Waals surface area contributed by atoms with E-state index in [1.54, 1.807) is 0 Å². The largest absolute Gasteiger partial charge is 0.347 e. The first-order chi connectivity index (χ1) is 8.46. The monoisotopic (exact) mass is 244 g/mol. The lowest BCUT2D eigenvalue weighted by Gasteiger charge is -2.20. The van der Waals surface area contributed by atoms with Gasteiger partial charge in [-0.05, 0) is 64.2 Å². The van der Waals surface area contributed by atoms with Gasteiger partial charge in [0.2, 0.25) is 0 Å². The van der Waals surface area contributed by atoms with E-state index in [-0.39, 0.29) is 5.54 Å². The van der Waals surface area contributed by atoms with Crippen molar-refractivity contribution in [2.45, 2.75) is 46.2 Å². The van der Waals surface area contributed by atoms with Gasteiger partial charge in [0.25, 0.3) is 0 Å². The third-order valence-corrected chi connectivity index (χ3v) is 3.16. The van der Waals surface area contributed by atoms with Gasteiger partial charge in [0, 0.05) is 23.8 Å². The Balaban J connectivity index is 1.96. The second-order valence-electron chi connectivity index (χ2n) is 6.10. The Hall–Kier alpha value is -1.28. The molecule has 2 nitrogen and oxygen atoms in total. The minimum absolute atomic E-state index is 0.218.